The van der Waals surface area contributed by atoms with Gasteiger partial charge in [-0.25, -0.2) is 4.79 Å². The molecule has 0 bridgehead atoms. The van der Waals surface area contributed by atoms with Crippen molar-refractivity contribution in [2.45, 2.75) is 32.3 Å². The summed E-state index contributed by atoms with van der Waals surface area (Å²) in [6, 6.07) is 0. The van der Waals surface area contributed by atoms with Crippen LogP contribution in [-0.4, -0.2) is 50.5 Å². The van der Waals surface area contributed by atoms with E-state index in [2.05, 4.69) is 5.10 Å². The number of hydrogen-bond acceptors (Lipinski definition) is 4. The predicted molar refractivity (Wildman–Crippen MR) is 74.9 cm³/mol. The molecule has 2 rings (SSSR count). The molecule has 116 valence electrons. The Labute approximate surface area is 123 Å². The first-order valence-corrected chi connectivity index (χ1v) is 6.86. The van der Waals surface area contributed by atoms with Crippen molar-refractivity contribution in [3.05, 3.63) is 18.0 Å². The Bertz CT molecular complexity index is 547. The van der Waals surface area contributed by atoms with Crippen LogP contribution in [0.25, 0.3) is 0 Å². The fourth-order valence-corrected chi connectivity index (χ4v) is 2.50. The number of amides is 1. The smallest absolute Gasteiger partial charge is 0.410 e. The average molecular weight is 295 g/mol. The summed E-state index contributed by atoms with van der Waals surface area (Å²) in [6.07, 6.45) is 2.97. The molecule has 0 aromatic carbocycles. The van der Waals surface area contributed by atoms with Gasteiger partial charge >= 0.3 is 12.1 Å². The summed E-state index contributed by atoms with van der Waals surface area (Å²) in [4.78, 5) is 25.0. The van der Waals surface area contributed by atoms with Gasteiger partial charge in [0.1, 0.15) is 5.60 Å². The minimum Gasteiger partial charge on any atom is -0.481 e. The molecular formula is C14H21N3O4. The third-order valence-electron chi connectivity index (χ3n) is 3.44. The van der Waals surface area contributed by atoms with Crippen LogP contribution in [0.4, 0.5) is 4.79 Å². The van der Waals surface area contributed by atoms with E-state index >= 15 is 0 Å². The van der Waals surface area contributed by atoms with Gasteiger partial charge < -0.3 is 14.7 Å². The number of hydrogen-bond donors (Lipinski definition) is 1. The molecule has 0 unspecified atom stereocenters. The molecule has 7 heteroatoms. The second-order valence-electron chi connectivity index (χ2n) is 6.38. The zero-order chi connectivity index (χ0) is 15.8. The number of ether oxygens (including phenoxy) is 1. The predicted octanol–water partition coefficient (Wildman–Crippen LogP) is 1.46. The SMILES string of the molecule is Cn1cc([C@@H]2CN(C(=O)OC(C)(C)C)C[C@@H]2C(=O)O)cn1. The number of aromatic nitrogens is 2. The van der Waals surface area contributed by atoms with Gasteiger partial charge in [0, 0.05) is 32.3 Å². The van der Waals surface area contributed by atoms with Crippen molar-refractivity contribution in [2.75, 3.05) is 13.1 Å². The molecular weight excluding hydrogens is 274 g/mol. The highest BCUT2D eigenvalue weighted by molar-refractivity contribution is 5.75. The van der Waals surface area contributed by atoms with Crippen molar-refractivity contribution < 1.29 is 19.4 Å². The molecule has 2 heterocycles. The molecule has 0 radical (unpaired) electrons. The molecule has 0 aliphatic carbocycles. The Kier molecular flexibility index (Phi) is 3.93. The molecule has 7 nitrogen and oxygen atoms in total. The number of carbonyl (C=O) groups is 2. The minimum atomic E-state index is -0.907. The second kappa shape index (κ2) is 5.38. The lowest BCUT2D eigenvalue weighted by Crippen LogP contribution is -2.35. The van der Waals surface area contributed by atoms with Gasteiger partial charge in [-0.2, -0.15) is 5.10 Å². The van der Waals surface area contributed by atoms with E-state index in [0.717, 1.165) is 5.56 Å². The molecule has 1 aliphatic rings. The summed E-state index contributed by atoms with van der Waals surface area (Å²) in [5.74, 6) is -1.81. The van der Waals surface area contributed by atoms with Crippen molar-refractivity contribution in [1.29, 1.82) is 0 Å². The van der Waals surface area contributed by atoms with Crippen LogP contribution in [0, 0.1) is 5.92 Å². The minimum absolute atomic E-state index is 0.157. The number of carboxylic acids is 1. The van der Waals surface area contributed by atoms with Crippen LogP contribution in [0.2, 0.25) is 0 Å². The summed E-state index contributed by atoms with van der Waals surface area (Å²) in [7, 11) is 1.78. The van der Waals surface area contributed by atoms with E-state index in [1.165, 1.54) is 4.90 Å². The van der Waals surface area contributed by atoms with E-state index in [0.29, 0.717) is 6.54 Å². The van der Waals surface area contributed by atoms with Gasteiger partial charge in [0.05, 0.1) is 12.1 Å². The van der Waals surface area contributed by atoms with E-state index in [-0.39, 0.29) is 12.5 Å². The van der Waals surface area contributed by atoms with E-state index in [4.69, 9.17) is 4.74 Å². The molecule has 1 amide bonds. The Hall–Kier alpha value is -2.05. The van der Waals surface area contributed by atoms with Gasteiger partial charge in [0.2, 0.25) is 0 Å². The van der Waals surface area contributed by atoms with Crippen molar-refractivity contribution in [2.24, 2.45) is 13.0 Å². The van der Waals surface area contributed by atoms with E-state index in [1.807, 2.05) is 0 Å². The highest BCUT2D eigenvalue weighted by Gasteiger charge is 2.42. The van der Waals surface area contributed by atoms with Crippen molar-refractivity contribution in [1.82, 2.24) is 14.7 Å². The van der Waals surface area contributed by atoms with Crippen LogP contribution in [0.15, 0.2) is 12.4 Å². The molecule has 21 heavy (non-hydrogen) atoms. The van der Waals surface area contributed by atoms with Crippen molar-refractivity contribution >= 4 is 12.1 Å². The monoisotopic (exact) mass is 295 g/mol. The van der Waals surface area contributed by atoms with Gasteiger partial charge in [-0.1, -0.05) is 0 Å². The number of aliphatic carboxylic acids is 1. The Morgan fingerprint density at radius 1 is 1.38 bits per heavy atom. The third kappa shape index (κ3) is 3.53. The molecule has 1 aliphatic heterocycles. The summed E-state index contributed by atoms with van der Waals surface area (Å²) in [6.45, 7) is 5.85. The Morgan fingerprint density at radius 3 is 2.52 bits per heavy atom. The summed E-state index contributed by atoms with van der Waals surface area (Å²) >= 11 is 0. The van der Waals surface area contributed by atoms with Crippen molar-refractivity contribution in [3.8, 4) is 0 Å². The number of rotatable bonds is 2. The largest absolute Gasteiger partial charge is 0.481 e. The fraction of sp³-hybridized carbons (Fsp3) is 0.643. The average Bonchev–Trinajstić information content (AvgIpc) is 2.91. The zero-order valence-corrected chi connectivity index (χ0v) is 12.7. The van der Waals surface area contributed by atoms with E-state index in [1.54, 1.807) is 44.9 Å². The Morgan fingerprint density at radius 2 is 2.05 bits per heavy atom. The molecule has 1 saturated heterocycles. The van der Waals surface area contributed by atoms with Crippen LogP contribution in [0.3, 0.4) is 0 Å². The molecule has 1 aromatic heterocycles. The number of likely N-dealkylation sites (tertiary alicyclic amines) is 1. The highest BCUT2D eigenvalue weighted by Crippen LogP contribution is 2.33. The lowest BCUT2D eigenvalue weighted by molar-refractivity contribution is -0.141. The summed E-state index contributed by atoms with van der Waals surface area (Å²) in [5.41, 5.74) is 0.235. The van der Waals surface area contributed by atoms with Crippen LogP contribution in [0.5, 0.6) is 0 Å². The topological polar surface area (TPSA) is 84.7 Å². The standard InChI is InChI=1S/C14H21N3O4/c1-14(2,3)21-13(20)17-7-10(11(8-17)12(18)19)9-5-15-16(4)6-9/h5-6,10-11H,7-8H2,1-4H3,(H,18,19)/t10-,11-/m0/s1. The van der Waals surface area contributed by atoms with E-state index in [9.17, 15) is 14.7 Å². The van der Waals surface area contributed by atoms with Crippen LogP contribution >= 0.6 is 0 Å². The van der Waals surface area contributed by atoms with Gasteiger partial charge in [-0.05, 0) is 26.3 Å². The van der Waals surface area contributed by atoms with E-state index < -0.39 is 23.6 Å². The molecule has 1 N–H and O–H groups in total. The number of carboxylic acid groups (broad SMARTS) is 1. The molecule has 0 spiro atoms. The van der Waals surface area contributed by atoms with Crippen LogP contribution in [-0.2, 0) is 16.6 Å². The highest BCUT2D eigenvalue weighted by atomic mass is 16.6. The maximum Gasteiger partial charge on any atom is 0.410 e. The van der Waals surface area contributed by atoms with Crippen LogP contribution < -0.4 is 0 Å². The third-order valence-corrected chi connectivity index (χ3v) is 3.44. The maximum absolute atomic E-state index is 12.1. The number of aryl methyl sites for hydroxylation is 1. The quantitative estimate of drug-likeness (QED) is 0.892. The molecule has 1 aromatic rings. The lowest BCUT2D eigenvalue weighted by Gasteiger charge is -2.24. The molecule has 2 atom stereocenters. The number of nitrogens with zero attached hydrogens (tertiary/aromatic N) is 3. The van der Waals surface area contributed by atoms with Gasteiger partial charge in [-0.3, -0.25) is 9.48 Å². The summed E-state index contributed by atoms with van der Waals surface area (Å²) in [5, 5.41) is 13.5. The lowest BCUT2D eigenvalue weighted by atomic mass is 9.91. The maximum atomic E-state index is 12.1. The van der Waals surface area contributed by atoms with Gasteiger partial charge in [0.25, 0.3) is 0 Å². The zero-order valence-electron chi connectivity index (χ0n) is 12.7. The normalized spacial score (nSPS) is 22.4. The van der Waals surface area contributed by atoms with Gasteiger partial charge in [-0.15, -0.1) is 0 Å². The van der Waals surface area contributed by atoms with Gasteiger partial charge in [0.15, 0.2) is 0 Å². The Balaban J connectivity index is 2.15. The summed E-state index contributed by atoms with van der Waals surface area (Å²) < 4.78 is 6.94. The fourth-order valence-electron chi connectivity index (χ4n) is 2.50. The first kappa shape index (κ1) is 15.3. The van der Waals surface area contributed by atoms with Crippen LogP contribution in [0.1, 0.15) is 32.3 Å². The first-order valence-electron chi connectivity index (χ1n) is 6.86. The van der Waals surface area contributed by atoms with Crippen molar-refractivity contribution in [3.63, 3.8) is 0 Å². The first-order chi connectivity index (χ1) is 9.67. The molecule has 1 fully saturated rings. The number of carbonyl (C=O) groups excluding carboxylic acids is 1. The second-order valence-corrected chi connectivity index (χ2v) is 6.38. The molecule has 0 saturated carbocycles.